The Morgan fingerprint density at radius 1 is 1.08 bits per heavy atom. The fraction of sp³-hybridized carbons (Fsp3) is 0.526. The highest BCUT2D eigenvalue weighted by atomic mass is 15.3. The van der Waals surface area contributed by atoms with Gasteiger partial charge in [0.05, 0.1) is 0 Å². The molecule has 1 unspecified atom stereocenters. The van der Waals surface area contributed by atoms with Gasteiger partial charge in [-0.15, -0.1) is 0 Å². The molecule has 0 aromatic carbocycles. The van der Waals surface area contributed by atoms with Gasteiger partial charge in [-0.25, -0.2) is 9.97 Å². The summed E-state index contributed by atoms with van der Waals surface area (Å²) in [5.74, 6) is 1.90. The van der Waals surface area contributed by atoms with Crippen molar-refractivity contribution in [3.05, 3.63) is 36.3 Å². The van der Waals surface area contributed by atoms with Crippen molar-refractivity contribution in [2.24, 2.45) is 0 Å². The second kappa shape index (κ2) is 6.85. The number of pyridine rings is 1. The van der Waals surface area contributed by atoms with Crippen LogP contribution in [0.15, 0.2) is 30.6 Å². The maximum absolute atomic E-state index is 4.86. The molecule has 0 aliphatic carbocycles. The van der Waals surface area contributed by atoms with Crippen LogP contribution in [0.25, 0.3) is 11.4 Å². The van der Waals surface area contributed by atoms with Gasteiger partial charge in [-0.3, -0.25) is 9.88 Å². The molecule has 2 aliphatic heterocycles. The van der Waals surface area contributed by atoms with Gasteiger partial charge in [-0.2, -0.15) is 0 Å². The van der Waals surface area contributed by atoms with Gasteiger partial charge in [-0.05, 0) is 50.9 Å². The number of anilines is 1. The molecule has 4 heterocycles. The van der Waals surface area contributed by atoms with E-state index in [-0.39, 0.29) is 0 Å². The lowest BCUT2D eigenvalue weighted by atomic mass is 10.2. The van der Waals surface area contributed by atoms with Gasteiger partial charge in [0, 0.05) is 48.8 Å². The first-order valence-electron chi connectivity index (χ1n) is 9.11. The van der Waals surface area contributed by atoms with Gasteiger partial charge in [0.15, 0.2) is 5.82 Å². The van der Waals surface area contributed by atoms with Crippen LogP contribution in [0.4, 0.5) is 5.82 Å². The first-order valence-corrected chi connectivity index (χ1v) is 9.11. The monoisotopic (exact) mass is 323 g/mol. The molecule has 0 bridgehead atoms. The highest BCUT2D eigenvalue weighted by molar-refractivity contribution is 5.57. The van der Waals surface area contributed by atoms with Crippen LogP contribution in [-0.4, -0.2) is 52.1 Å². The highest BCUT2D eigenvalue weighted by Crippen LogP contribution is 2.26. The van der Waals surface area contributed by atoms with Gasteiger partial charge < -0.3 is 4.90 Å². The molecule has 0 radical (unpaired) electrons. The summed E-state index contributed by atoms with van der Waals surface area (Å²) in [7, 11) is 0. The van der Waals surface area contributed by atoms with Crippen LogP contribution in [0.3, 0.4) is 0 Å². The minimum absolute atomic E-state index is 0.692. The molecule has 0 N–H and O–H groups in total. The number of likely N-dealkylation sites (tertiary alicyclic amines) is 1. The van der Waals surface area contributed by atoms with Crippen LogP contribution in [0.1, 0.15) is 31.9 Å². The van der Waals surface area contributed by atoms with Gasteiger partial charge in [0.25, 0.3) is 0 Å². The SMILES string of the molecule is CCc1cc(N2CCC(N3CCCC3)C2)nc(-c2ccncc2)n1. The van der Waals surface area contributed by atoms with Crippen molar-refractivity contribution in [2.45, 2.75) is 38.6 Å². The Balaban J connectivity index is 1.58. The van der Waals surface area contributed by atoms with E-state index in [1.165, 1.54) is 32.4 Å². The first kappa shape index (κ1) is 15.5. The van der Waals surface area contributed by atoms with E-state index in [0.29, 0.717) is 6.04 Å². The van der Waals surface area contributed by atoms with Gasteiger partial charge >= 0.3 is 0 Å². The lowest BCUT2D eigenvalue weighted by molar-refractivity contribution is 0.260. The summed E-state index contributed by atoms with van der Waals surface area (Å²) in [5.41, 5.74) is 2.15. The maximum Gasteiger partial charge on any atom is 0.161 e. The number of aromatic nitrogens is 3. The van der Waals surface area contributed by atoms with Crippen LogP contribution in [0, 0.1) is 0 Å². The zero-order valence-corrected chi connectivity index (χ0v) is 14.4. The first-order chi connectivity index (χ1) is 11.8. The highest BCUT2D eigenvalue weighted by Gasteiger charge is 2.30. The minimum Gasteiger partial charge on any atom is -0.355 e. The van der Waals surface area contributed by atoms with Gasteiger partial charge in [-0.1, -0.05) is 6.92 Å². The molecule has 126 valence electrons. The fourth-order valence-corrected chi connectivity index (χ4v) is 3.81. The van der Waals surface area contributed by atoms with Crippen molar-refractivity contribution >= 4 is 5.82 Å². The lowest BCUT2D eigenvalue weighted by Crippen LogP contribution is -2.35. The van der Waals surface area contributed by atoms with Crippen LogP contribution in [0.2, 0.25) is 0 Å². The van der Waals surface area contributed by atoms with Crippen molar-refractivity contribution in [1.29, 1.82) is 0 Å². The van der Waals surface area contributed by atoms with E-state index in [1.807, 2.05) is 12.1 Å². The third-order valence-corrected chi connectivity index (χ3v) is 5.21. The molecule has 0 spiro atoms. The molecule has 2 aromatic heterocycles. The molecule has 5 nitrogen and oxygen atoms in total. The summed E-state index contributed by atoms with van der Waals surface area (Å²) >= 11 is 0. The zero-order valence-electron chi connectivity index (χ0n) is 14.4. The van der Waals surface area contributed by atoms with Gasteiger partial charge in [0.2, 0.25) is 0 Å². The Labute approximate surface area is 143 Å². The Kier molecular flexibility index (Phi) is 4.43. The number of rotatable bonds is 4. The topological polar surface area (TPSA) is 45.2 Å². The largest absolute Gasteiger partial charge is 0.355 e. The molecule has 2 fully saturated rings. The molecule has 0 saturated carbocycles. The number of nitrogens with zero attached hydrogens (tertiary/aromatic N) is 5. The number of hydrogen-bond donors (Lipinski definition) is 0. The van der Waals surface area contributed by atoms with E-state index < -0.39 is 0 Å². The molecule has 24 heavy (non-hydrogen) atoms. The normalized spacial score (nSPS) is 21.5. The van der Waals surface area contributed by atoms with E-state index >= 15 is 0 Å². The average Bonchev–Trinajstić information content (AvgIpc) is 3.33. The Morgan fingerprint density at radius 3 is 2.62 bits per heavy atom. The number of aryl methyl sites for hydroxylation is 1. The third kappa shape index (κ3) is 3.13. The quantitative estimate of drug-likeness (QED) is 0.866. The summed E-state index contributed by atoms with van der Waals surface area (Å²) in [6.07, 6.45) is 8.49. The summed E-state index contributed by atoms with van der Waals surface area (Å²) in [6.45, 7) is 6.88. The zero-order chi connectivity index (χ0) is 16.4. The standard InChI is InChI=1S/C19H25N5/c1-2-16-13-18(22-19(21-16)15-5-8-20-9-6-15)24-12-7-17(14-24)23-10-3-4-11-23/h5-6,8-9,13,17H,2-4,7,10-12,14H2,1H3. The van der Waals surface area contributed by atoms with Crippen LogP contribution in [-0.2, 0) is 6.42 Å². The van der Waals surface area contributed by atoms with Crippen molar-refractivity contribution < 1.29 is 0 Å². The van der Waals surface area contributed by atoms with E-state index in [9.17, 15) is 0 Å². The molecule has 4 rings (SSSR count). The van der Waals surface area contributed by atoms with Crippen molar-refractivity contribution in [3.63, 3.8) is 0 Å². The minimum atomic E-state index is 0.692. The summed E-state index contributed by atoms with van der Waals surface area (Å²) in [5, 5.41) is 0. The smallest absolute Gasteiger partial charge is 0.161 e. The lowest BCUT2D eigenvalue weighted by Gasteiger charge is -2.24. The Morgan fingerprint density at radius 2 is 1.88 bits per heavy atom. The van der Waals surface area contributed by atoms with Crippen molar-refractivity contribution in [2.75, 3.05) is 31.1 Å². The Hall–Kier alpha value is -2.01. The van der Waals surface area contributed by atoms with E-state index in [1.54, 1.807) is 12.4 Å². The molecular weight excluding hydrogens is 298 g/mol. The Bertz CT molecular complexity index is 681. The third-order valence-electron chi connectivity index (χ3n) is 5.21. The second-order valence-electron chi connectivity index (χ2n) is 6.76. The van der Waals surface area contributed by atoms with E-state index in [2.05, 4.69) is 27.8 Å². The molecule has 5 heteroatoms. The summed E-state index contributed by atoms with van der Waals surface area (Å²) in [6, 6.07) is 6.82. The maximum atomic E-state index is 4.86. The van der Waals surface area contributed by atoms with Crippen molar-refractivity contribution in [3.8, 4) is 11.4 Å². The molecular formula is C19H25N5. The van der Waals surface area contributed by atoms with Crippen LogP contribution >= 0.6 is 0 Å². The number of hydrogen-bond acceptors (Lipinski definition) is 5. The predicted octanol–water partition coefficient (Wildman–Crippen LogP) is 2.78. The van der Waals surface area contributed by atoms with E-state index in [4.69, 9.17) is 9.97 Å². The predicted molar refractivity (Wildman–Crippen MR) is 96.1 cm³/mol. The fourth-order valence-electron chi connectivity index (χ4n) is 3.81. The molecule has 2 aliphatic rings. The van der Waals surface area contributed by atoms with Gasteiger partial charge in [0.1, 0.15) is 5.82 Å². The van der Waals surface area contributed by atoms with Crippen LogP contribution < -0.4 is 4.90 Å². The average molecular weight is 323 g/mol. The molecule has 0 amide bonds. The molecule has 2 saturated heterocycles. The molecule has 2 aromatic rings. The van der Waals surface area contributed by atoms with Crippen LogP contribution in [0.5, 0.6) is 0 Å². The molecule has 1 atom stereocenters. The second-order valence-corrected chi connectivity index (χ2v) is 6.76. The van der Waals surface area contributed by atoms with E-state index in [0.717, 1.165) is 42.4 Å². The summed E-state index contributed by atoms with van der Waals surface area (Å²) < 4.78 is 0. The van der Waals surface area contributed by atoms with Crippen molar-refractivity contribution in [1.82, 2.24) is 19.9 Å². The summed E-state index contributed by atoms with van der Waals surface area (Å²) in [4.78, 5) is 18.8.